The van der Waals surface area contributed by atoms with Gasteiger partial charge in [0.15, 0.2) is 0 Å². The van der Waals surface area contributed by atoms with Crippen molar-refractivity contribution in [3.05, 3.63) is 70.8 Å². The Morgan fingerprint density at radius 3 is 2.21 bits per heavy atom. The minimum Gasteiger partial charge on any atom is -0.507 e. The largest absolute Gasteiger partial charge is 0.507 e. The van der Waals surface area contributed by atoms with Crippen LogP contribution in [0.15, 0.2) is 54.1 Å². The maximum atomic E-state index is 13.1. The van der Waals surface area contributed by atoms with Gasteiger partial charge in [0.1, 0.15) is 11.5 Å². The van der Waals surface area contributed by atoms with Gasteiger partial charge in [-0.15, -0.1) is 0 Å². The van der Waals surface area contributed by atoms with Crippen molar-refractivity contribution in [1.82, 2.24) is 4.90 Å². The number of ketones is 1. The summed E-state index contributed by atoms with van der Waals surface area (Å²) < 4.78 is 11.4. The summed E-state index contributed by atoms with van der Waals surface area (Å²) in [4.78, 5) is 27.6. The molecule has 0 spiro atoms. The minimum atomic E-state index is -0.688. The third-order valence-electron chi connectivity index (χ3n) is 5.74. The molecule has 1 aliphatic heterocycles. The first-order valence-corrected chi connectivity index (χ1v) is 11.9. The number of aryl methyl sites for hydroxylation is 1. The summed E-state index contributed by atoms with van der Waals surface area (Å²) in [6.07, 6.45) is 0.893. The third kappa shape index (κ3) is 5.86. The van der Waals surface area contributed by atoms with Crippen LogP contribution in [0.5, 0.6) is 5.75 Å². The van der Waals surface area contributed by atoms with Crippen molar-refractivity contribution in [1.29, 1.82) is 0 Å². The molecule has 1 aliphatic rings. The number of carbonyl (C=O) groups excluding carboxylic acids is 2. The molecule has 1 amide bonds. The molecule has 6 heteroatoms. The van der Waals surface area contributed by atoms with Gasteiger partial charge < -0.3 is 19.5 Å². The van der Waals surface area contributed by atoms with Gasteiger partial charge in [-0.1, -0.05) is 45.0 Å². The maximum Gasteiger partial charge on any atom is 0.295 e. The van der Waals surface area contributed by atoms with Crippen LogP contribution < -0.4 is 4.74 Å². The predicted octanol–water partition coefficient (Wildman–Crippen LogP) is 5.13. The van der Waals surface area contributed by atoms with E-state index in [1.54, 1.807) is 24.3 Å². The molecule has 1 heterocycles. The highest BCUT2D eigenvalue weighted by molar-refractivity contribution is 6.46. The van der Waals surface area contributed by atoms with Gasteiger partial charge in [-0.2, -0.15) is 0 Å². The second-order valence-electron chi connectivity index (χ2n) is 9.24. The summed E-state index contributed by atoms with van der Waals surface area (Å²) in [5, 5.41) is 11.2. The predicted molar refractivity (Wildman–Crippen MR) is 133 cm³/mol. The molecule has 1 atom stereocenters. The van der Waals surface area contributed by atoms with Crippen LogP contribution in [0.3, 0.4) is 0 Å². The second kappa shape index (κ2) is 11.3. The van der Waals surface area contributed by atoms with Gasteiger partial charge in [0, 0.05) is 12.1 Å². The Bertz CT molecular complexity index is 1020. The van der Waals surface area contributed by atoms with E-state index in [-0.39, 0.29) is 24.0 Å². The highest BCUT2D eigenvalue weighted by atomic mass is 16.5. The van der Waals surface area contributed by atoms with Crippen LogP contribution in [0, 0.1) is 5.92 Å². The Balaban J connectivity index is 1.99. The van der Waals surface area contributed by atoms with E-state index >= 15 is 0 Å². The van der Waals surface area contributed by atoms with Crippen molar-refractivity contribution in [2.75, 3.05) is 19.8 Å². The molecule has 2 aromatic rings. The number of ether oxygens (including phenoxy) is 2. The summed E-state index contributed by atoms with van der Waals surface area (Å²) in [7, 11) is 0. The molecule has 182 valence electrons. The van der Waals surface area contributed by atoms with E-state index in [1.807, 2.05) is 38.1 Å². The molecule has 2 aromatic carbocycles. The second-order valence-corrected chi connectivity index (χ2v) is 9.24. The molecule has 0 saturated carbocycles. The standard InChI is InChI=1S/C28H35NO5/c1-6-20-7-9-21(10-8-20)25-24(27(31)28(32)29(25)15-16-33-19(4)5)26(30)22-11-13-23(14-12-22)34-17-18(2)3/h7-14,18-19,25,30H,6,15-17H2,1-5H3/b26-24-. The lowest BCUT2D eigenvalue weighted by Crippen LogP contribution is -2.33. The van der Waals surface area contributed by atoms with Crippen LogP contribution in [0.4, 0.5) is 0 Å². The zero-order valence-electron chi connectivity index (χ0n) is 20.7. The van der Waals surface area contributed by atoms with Crippen molar-refractivity contribution >= 4 is 17.4 Å². The maximum absolute atomic E-state index is 13.1. The average molecular weight is 466 g/mol. The van der Waals surface area contributed by atoms with Gasteiger partial charge in [-0.05, 0) is 61.6 Å². The number of Topliss-reactive ketones (excluding diaryl/α,β-unsaturated/α-hetero) is 1. The van der Waals surface area contributed by atoms with Gasteiger partial charge in [-0.25, -0.2) is 0 Å². The minimum absolute atomic E-state index is 0.00976. The van der Waals surface area contributed by atoms with E-state index in [0.717, 1.165) is 17.5 Å². The Morgan fingerprint density at radius 1 is 1.00 bits per heavy atom. The molecule has 3 rings (SSSR count). The molecule has 1 saturated heterocycles. The van der Waals surface area contributed by atoms with Crippen LogP contribution in [0.25, 0.3) is 5.76 Å². The molecule has 1 unspecified atom stereocenters. The number of nitrogens with zero attached hydrogens (tertiary/aromatic N) is 1. The zero-order valence-corrected chi connectivity index (χ0v) is 20.7. The summed E-state index contributed by atoms with van der Waals surface area (Å²) in [5.41, 5.74) is 2.48. The Labute approximate surface area is 202 Å². The fourth-order valence-corrected chi connectivity index (χ4v) is 3.91. The molecule has 34 heavy (non-hydrogen) atoms. The smallest absolute Gasteiger partial charge is 0.295 e. The molecular weight excluding hydrogens is 430 g/mol. The first-order valence-electron chi connectivity index (χ1n) is 11.9. The molecule has 0 bridgehead atoms. The number of aliphatic hydroxyl groups is 1. The van der Waals surface area contributed by atoms with Crippen molar-refractivity contribution < 1.29 is 24.2 Å². The van der Waals surface area contributed by atoms with Crippen LogP contribution in [-0.2, 0) is 20.7 Å². The molecule has 0 radical (unpaired) electrons. The number of hydrogen-bond donors (Lipinski definition) is 1. The molecule has 0 aromatic heterocycles. The van der Waals surface area contributed by atoms with E-state index in [9.17, 15) is 14.7 Å². The van der Waals surface area contributed by atoms with E-state index in [4.69, 9.17) is 9.47 Å². The highest BCUT2D eigenvalue weighted by Gasteiger charge is 2.45. The molecular formula is C28H35NO5. The van der Waals surface area contributed by atoms with Crippen molar-refractivity contribution in [3.8, 4) is 5.75 Å². The molecule has 0 aliphatic carbocycles. The van der Waals surface area contributed by atoms with E-state index in [2.05, 4.69) is 20.8 Å². The van der Waals surface area contributed by atoms with Crippen LogP contribution in [0.2, 0.25) is 0 Å². The quantitative estimate of drug-likeness (QED) is 0.299. The molecule has 1 fully saturated rings. The van der Waals surface area contributed by atoms with Crippen molar-refractivity contribution in [3.63, 3.8) is 0 Å². The van der Waals surface area contributed by atoms with Gasteiger partial charge in [0.2, 0.25) is 0 Å². The van der Waals surface area contributed by atoms with E-state index < -0.39 is 17.7 Å². The summed E-state index contributed by atoms with van der Waals surface area (Å²) in [5.74, 6) is -0.432. The van der Waals surface area contributed by atoms with Gasteiger partial charge in [0.05, 0.1) is 30.9 Å². The number of likely N-dealkylation sites (tertiary alicyclic amines) is 1. The van der Waals surface area contributed by atoms with Crippen molar-refractivity contribution in [2.24, 2.45) is 5.92 Å². The Hall–Kier alpha value is -3.12. The normalized spacial score (nSPS) is 17.7. The average Bonchev–Trinajstić information content (AvgIpc) is 3.07. The lowest BCUT2D eigenvalue weighted by Gasteiger charge is -2.26. The molecule has 1 N–H and O–H groups in total. The summed E-state index contributed by atoms with van der Waals surface area (Å²) in [6.45, 7) is 11.2. The zero-order chi connectivity index (χ0) is 24.8. The SMILES string of the molecule is CCc1ccc(C2/C(=C(/O)c3ccc(OCC(C)C)cc3)C(=O)C(=O)N2CCOC(C)C)cc1. The summed E-state index contributed by atoms with van der Waals surface area (Å²) in [6, 6.07) is 14.1. The monoisotopic (exact) mass is 465 g/mol. The number of carbonyl (C=O) groups is 2. The molecule has 6 nitrogen and oxygen atoms in total. The summed E-state index contributed by atoms with van der Waals surface area (Å²) >= 11 is 0. The van der Waals surface area contributed by atoms with Gasteiger partial charge in [0.25, 0.3) is 11.7 Å². The van der Waals surface area contributed by atoms with Gasteiger partial charge >= 0.3 is 0 Å². The van der Waals surface area contributed by atoms with Crippen molar-refractivity contribution in [2.45, 2.75) is 53.2 Å². The highest BCUT2D eigenvalue weighted by Crippen LogP contribution is 2.39. The number of aliphatic hydroxyl groups excluding tert-OH is 1. The topological polar surface area (TPSA) is 76.1 Å². The van der Waals surface area contributed by atoms with E-state index in [1.165, 1.54) is 4.90 Å². The Kier molecular flexibility index (Phi) is 8.51. The van der Waals surface area contributed by atoms with E-state index in [0.29, 0.717) is 30.4 Å². The number of hydrogen-bond acceptors (Lipinski definition) is 5. The third-order valence-corrected chi connectivity index (χ3v) is 5.74. The van der Waals surface area contributed by atoms with Crippen LogP contribution in [0.1, 0.15) is 57.4 Å². The Morgan fingerprint density at radius 2 is 1.65 bits per heavy atom. The number of amides is 1. The lowest BCUT2D eigenvalue weighted by molar-refractivity contribution is -0.140. The van der Waals surface area contributed by atoms with Crippen LogP contribution >= 0.6 is 0 Å². The van der Waals surface area contributed by atoms with Crippen LogP contribution in [-0.4, -0.2) is 47.6 Å². The first-order chi connectivity index (χ1) is 16.2. The fraction of sp³-hybridized carbons (Fsp3) is 0.429. The lowest BCUT2D eigenvalue weighted by atomic mass is 9.94. The van der Waals surface area contributed by atoms with Gasteiger partial charge in [-0.3, -0.25) is 9.59 Å². The fourth-order valence-electron chi connectivity index (χ4n) is 3.91. The number of benzene rings is 2. The first kappa shape index (κ1) is 25.5. The number of rotatable bonds is 10.